The van der Waals surface area contributed by atoms with Crippen LogP contribution in [-0.2, 0) is 0 Å². The number of nitrogens with zero attached hydrogens (tertiary/aromatic N) is 3. The highest BCUT2D eigenvalue weighted by Gasteiger charge is 2.25. The van der Waals surface area contributed by atoms with Crippen LogP contribution in [0.1, 0.15) is 25.7 Å². The summed E-state index contributed by atoms with van der Waals surface area (Å²) in [4.78, 5) is 18.4. The first kappa shape index (κ1) is 14.6. The number of likely N-dealkylation sites (N-methyl/N-ethyl adjacent to an activating group) is 2. The van der Waals surface area contributed by atoms with E-state index in [1.54, 1.807) is 0 Å². The second-order valence-electron chi connectivity index (χ2n) is 6.16. The van der Waals surface area contributed by atoms with E-state index in [-0.39, 0.29) is 6.03 Å². The molecule has 2 rings (SSSR count). The van der Waals surface area contributed by atoms with Crippen molar-refractivity contribution in [2.24, 2.45) is 0 Å². The summed E-state index contributed by atoms with van der Waals surface area (Å²) in [6, 6.07) is 1.21. The van der Waals surface area contributed by atoms with Crippen LogP contribution in [0.25, 0.3) is 0 Å². The zero-order valence-electron chi connectivity index (χ0n) is 12.6. The summed E-state index contributed by atoms with van der Waals surface area (Å²) in [6.07, 6.45) is 4.78. The Kier molecular flexibility index (Phi) is 5.05. The third-order valence-corrected chi connectivity index (χ3v) is 4.35. The maximum atomic E-state index is 11.8. The Morgan fingerprint density at radius 2 is 1.79 bits per heavy atom. The van der Waals surface area contributed by atoms with Crippen LogP contribution in [-0.4, -0.2) is 80.1 Å². The van der Waals surface area contributed by atoms with Crippen molar-refractivity contribution in [3.63, 3.8) is 0 Å². The zero-order valence-corrected chi connectivity index (χ0v) is 12.6. The van der Waals surface area contributed by atoms with Crippen LogP contribution in [0.5, 0.6) is 0 Å². The highest BCUT2D eigenvalue weighted by molar-refractivity contribution is 5.74. The Labute approximate surface area is 116 Å². The SMILES string of the molecule is CN1CCC(N(C)CCN(C)C(=O)NC2CC2)CC1. The average Bonchev–Trinajstić information content (AvgIpc) is 3.20. The van der Waals surface area contributed by atoms with Gasteiger partial charge in [0.25, 0.3) is 0 Å². The van der Waals surface area contributed by atoms with Crippen LogP contribution < -0.4 is 5.32 Å². The predicted octanol–water partition coefficient (Wildman–Crippen LogP) is 0.816. The van der Waals surface area contributed by atoms with Crippen molar-refractivity contribution in [1.29, 1.82) is 0 Å². The normalized spacial score (nSPS) is 21.7. The molecule has 1 saturated heterocycles. The van der Waals surface area contributed by atoms with Crippen molar-refractivity contribution in [2.45, 2.75) is 37.8 Å². The van der Waals surface area contributed by atoms with Crippen LogP contribution in [0.3, 0.4) is 0 Å². The van der Waals surface area contributed by atoms with Gasteiger partial charge < -0.3 is 20.0 Å². The number of carbonyl (C=O) groups is 1. The minimum atomic E-state index is 0.0827. The molecule has 0 aromatic carbocycles. The number of hydrogen-bond acceptors (Lipinski definition) is 3. The Balaban J connectivity index is 1.64. The number of piperidine rings is 1. The van der Waals surface area contributed by atoms with Crippen molar-refractivity contribution in [1.82, 2.24) is 20.0 Å². The number of rotatable bonds is 5. The van der Waals surface area contributed by atoms with E-state index in [2.05, 4.69) is 29.2 Å². The van der Waals surface area contributed by atoms with Crippen LogP contribution >= 0.6 is 0 Å². The first-order chi connectivity index (χ1) is 9.06. The molecule has 2 fully saturated rings. The first-order valence-corrected chi connectivity index (χ1v) is 7.46. The van der Waals surface area contributed by atoms with Crippen molar-refractivity contribution < 1.29 is 4.79 Å². The van der Waals surface area contributed by atoms with Crippen molar-refractivity contribution in [2.75, 3.05) is 47.3 Å². The van der Waals surface area contributed by atoms with Gasteiger partial charge in [-0.15, -0.1) is 0 Å². The third-order valence-electron chi connectivity index (χ3n) is 4.35. The molecule has 2 amide bonds. The molecule has 0 aromatic rings. The topological polar surface area (TPSA) is 38.8 Å². The lowest BCUT2D eigenvalue weighted by Crippen LogP contribution is -2.46. The van der Waals surface area contributed by atoms with Gasteiger partial charge in [-0.2, -0.15) is 0 Å². The minimum absolute atomic E-state index is 0.0827. The van der Waals surface area contributed by atoms with E-state index in [9.17, 15) is 4.79 Å². The smallest absolute Gasteiger partial charge is 0.317 e. The van der Waals surface area contributed by atoms with Gasteiger partial charge in [-0.3, -0.25) is 0 Å². The maximum absolute atomic E-state index is 11.8. The lowest BCUT2D eigenvalue weighted by Gasteiger charge is -2.35. The maximum Gasteiger partial charge on any atom is 0.317 e. The number of likely N-dealkylation sites (tertiary alicyclic amines) is 1. The number of amides is 2. The predicted molar refractivity (Wildman–Crippen MR) is 77.3 cm³/mol. The van der Waals surface area contributed by atoms with Gasteiger partial charge in [0.15, 0.2) is 0 Å². The monoisotopic (exact) mass is 268 g/mol. The molecule has 2 aliphatic rings. The van der Waals surface area contributed by atoms with E-state index in [0.717, 1.165) is 25.9 Å². The highest BCUT2D eigenvalue weighted by Crippen LogP contribution is 2.18. The zero-order chi connectivity index (χ0) is 13.8. The second kappa shape index (κ2) is 6.57. The van der Waals surface area contributed by atoms with Gasteiger partial charge in [0.1, 0.15) is 0 Å². The van der Waals surface area contributed by atoms with Crippen LogP contribution in [0.2, 0.25) is 0 Å². The molecule has 0 unspecified atom stereocenters. The molecule has 5 nitrogen and oxygen atoms in total. The lowest BCUT2D eigenvalue weighted by atomic mass is 10.0. The van der Waals surface area contributed by atoms with Crippen LogP contribution in [0, 0.1) is 0 Å². The molecule has 0 atom stereocenters. The molecule has 0 radical (unpaired) electrons. The first-order valence-electron chi connectivity index (χ1n) is 7.46. The number of hydrogen-bond donors (Lipinski definition) is 1. The van der Waals surface area contributed by atoms with Gasteiger partial charge in [0.2, 0.25) is 0 Å². The molecule has 1 heterocycles. The summed E-state index contributed by atoms with van der Waals surface area (Å²) in [5, 5.41) is 3.02. The van der Waals surface area contributed by atoms with Crippen molar-refractivity contribution in [3.05, 3.63) is 0 Å². The van der Waals surface area contributed by atoms with E-state index in [4.69, 9.17) is 0 Å². The van der Waals surface area contributed by atoms with Gasteiger partial charge in [-0.25, -0.2) is 4.79 Å². The summed E-state index contributed by atoms with van der Waals surface area (Å²) < 4.78 is 0. The van der Waals surface area contributed by atoms with E-state index >= 15 is 0 Å². The standard InChI is InChI=1S/C14H28N4O/c1-16-8-6-13(7-9-16)17(2)10-11-18(3)14(19)15-12-4-5-12/h12-13H,4-11H2,1-3H3,(H,15,19). The Hall–Kier alpha value is -0.810. The fourth-order valence-corrected chi connectivity index (χ4v) is 2.54. The van der Waals surface area contributed by atoms with Gasteiger partial charge >= 0.3 is 6.03 Å². The molecule has 0 bridgehead atoms. The molecule has 0 aromatic heterocycles. The number of urea groups is 1. The molecular weight excluding hydrogens is 240 g/mol. The van der Waals surface area contributed by atoms with E-state index in [1.807, 2.05) is 11.9 Å². The summed E-state index contributed by atoms with van der Waals surface area (Å²) in [5.74, 6) is 0. The summed E-state index contributed by atoms with van der Waals surface area (Å²) in [7, 11) is 6.26. The number of carbonyl (C=O) groups excluding carboxylic acids is 1. The molecule has 1 saturated carbocycles. The van der Waals surface area contributed by atoms with Crippen LogP contribution in [0.4, 0.5) is 4.79 Å². The Bertz CT molecular complexity index is 298. The number of nitrogens with one attached hydrogen (secondary N) is 1. The Morgan fingerprint density at radius 3 is 2.37 bits per heavy atom. The second-order valence-corrected chi connectivity index (χ2v) is 6.16. The molecule has 5 heteroatoms. The molecule has 1 aliphatic heterocycles. The quantitative estimate of drug-likeness (QED) is 0.802. The van der Waals surface area contributed by atoms with Crippen LogP contribution in [0.15, 0.2) is 0 Å². The fourth-order valence-electron chi connectivity index (χ4n) is 2.54. The fraction of sp³-hybridized carbons (Fsp3) is 0.929. The largest absolute Gasteiger partial charge is 0.335 e. The molecular formula is C14H28N4O. The van der Waals surface area contributed by atoms with Crippen molar-refractivity contribution in [3.8, 4) is 0 Å². The minimum Gasteiger partial charge on any atom is -0.335 e. The average molecular weight is 268 g/mol. The van der Waals surface area contributed by atoms with E-state index in [1.165, 1.54) is 25.9 Å². The molecule has 19 heavy (non-hydrogen) atoms. The van der Waals surface area contributed by atoms with Gasteiger partial charge in [-0.05, 0) is 52.9 Å². The third kappa shape index (κ3) is 4.66. The van der Waals surface area contributed by atoms with E-state index in [0.29, 0.717) is 12.1 Å². The van der Waals surface area contributed by atoms with Gasteiger partial charge in [0.05, 0.1) is 0 Å². The highest BCUT2D eigenvalue weighted by atomic mass is 16.2. The summed E-state index contributed by atoms with van der Waals surface area (Å²) in [5.41, 5.74) is 0. The summed E-state index contributed by atoms with van der Waals surface area (Å²) in [6.45, 7) is 4.14. The summed E-state index contributed by atoms with van der Waals surface area (Å²) >= 11 is 0. The lowest BCUT2D eigenvalue weighted by molar-refractivity contribution is 0.135. The van der Waals surface area contributed by atoms with Gasteiger partial charge in [0, 0.05) is 32.2 Å². The molecule has 1 aliphatic carbocycles. The molecule has 0 spiro atoms. The molecule has 1 N–H and O–H groups in total. The van der Waals surface area contributed by atoms with Gasteiger partial charge in [-0.1, -0.05) is 0 Å². The molecule has 110 valence electrons. The van der Waals surface area contributed by atoms with E-state index < -0.39 is 0 Å². The Morgan fingerprint density at radius 1 is 1.16 bits per heavy atom. The van der Waals surface area contributed by atoms with Crippen molar-refractivity contribution >= 4 is 6.03 Å².